The molecule has 0 spiro atoms. The minimum atomic E-state index is -3.55. The van der Waals surface area contributed by atoms with Crippen LogP contribution in [0.2, 0.25) is 5.02 Å². The van der Waals surface area contributed by atoms with Crippen molar-refractivity contribution in [3.8, 4) is 23.3 Å². The molecule has 3 aromatic rings. The third-order valence-electron chi connectivity index (χ3n) is 4.24. The first-order valence-corrected chi connectivity index (χ1v) is 12.9. The van der Waals surface area contributed by atoms with Crippen LogP contribution in [0.1, 0.15) is 5.56 Å². The Morgan fingerprint density at radius 1 is 1.14 bits per heavy atom. The van der Waals surface area contributed by atoms with Crippen molar-refractivity contribution in [1.82, 2.24) is 10.2 Å². The van der Waals surface area contributed by atoms with Crippen LogP contribution in [-0.4, -0.2) is 51.1 Å². The number of aromatic nitrogens is 2. The summed E-state index contributed by atoms with van der Waals surface area (Å²) in [5.41, 5.74) is 0.271. The number of benzene rings is 2. The van der Waals surface area contributed by atoms with Gasteiger partial charge in [-0.2, -0.15) is 5.26 Å². The third kappa shape index (κ3) is 7.16. The lowest BCUT2D eigenvalue weighted by atomic mass is 10.1. The van der Waals surface area contributed by atoms with Gasteiger partial charge in [0.25, 0.3) is 5.91 Å². The van der Waals surface area contributed by atoms with Crippen molar-refractivity contribution in [3.63, 3.8) is 0 Å². The molecular weight excluding hydrogens is 516 g/mol. The monoisotopic (exact) mass is 534 g/mol. The van der Waals surface area contributed by atoms with Crippen LogP contribution in [0.4, 0.5) is 5.13 Å². The Hall–Kier alpha value is -3.66. The fourth-order valence-electron chi connectivity index (χ4n) is 2.65. The number of nitrogens with one attached hydrogen (secondary N) is 1. The topological polar surface area (TPSA) is 140 Å². The molecule has 182 valence electrons. The number of sulfone groups is 1. The van der Waals surface area contributed by atoms with E-state index in [1.807, 2.05) is 12.1 Å². The molecule has 0 bridgehead atoms. The third-order valence-corrected chi connectivity index (χ3v) is 7.06. The van der Waals surface area contributed by atoms with Gasteiger partial charge in [0.15, 0.2) is 11.5 Å². The predicted octanol–water partition coefficient (Wildman–Crippen LogP) is 3.61. The van der Waals surface area contributed by atoms with Gasteiger partial charge in [-0.05, 0) is 35.9 Å². The molecule has 0 aliphatic heterocycles. The van der Waals surface area contributed by atoms with Crippen LogP contribution in [0.5, 0.6) is 17.2 Å². The second-order valence-electron chi connectivity index (χ2n) is 6.81. The number of amides is 1. The van der Waals surface area contributed by atoms with Gasteiger partial charge in [0.05, 0.1) is 12.1 Å². The lowest BCUT2D eigenvalue weighted by Crippen LogP contribution is -2.13. The van der Waals surface area contributed by atoms with Gasteiger partial charge in [0.2, 0.25) is 19.3 Å². The zero-order valence-corrected chi connectivity index (χ0v) is 20.9. The van der Waals surface area contributed by atoms with Gasteiger partial charge < -0.3 is 14.2 Å². The first-order valence-electron chi connectivity index (χ1n) is 9.86. The predicted molar refractivity (Wildman–Crippen MR) is 131 cm³/mol. The Morgan fingerprint density at radius 3 is 2.49 bits per heavy atom. The molecule has 1 heterocycles. The van der Waals surface area contributed by atoms with E-state index in [9.17, 15) is 18.5 Å². The molecule has 1 amide bonds. The molecule has 0 saturated heterocycles. The van der Waals surface area contributed by atoms with Crippen LogP contribution in [0, 0.1) is 11.3 Å². The maximum absolute atomic E-state index is 12.5. The molecular formula is C22H19ClN4O6S2. The number of rotatable bonds is 10. The lowest BCUT2D eigenvalue weighted by molar-refractivity contribution is -0.112. The quantitative estimate of drug-likeness (QED) is 0.179. The smallest absolute Gasteiger partial charge is 0.268 e. The molecule has 0 saturated carbocycles. The molecule has 1 aromatic heterocycles. The van der Waals surface area contributed by atoms with Crippen LogP contribution < -0.4 is 19.5 Å². The highest BCUT2D eigenvalue weighted by atomic mass is 35.5. The number of nitrogens with zero attached hydrogens (tertiary/aromatic N) is 3. The fourth-order valence-corrected chi connectivity index (χ4v) is 4.34. The maximum atomic E-state index is 12.5. The standard InChI is InChI=1S/C22H19ClN4O6S2/c1-31-19-12-14(7-8-18(19)33-10-9-32-17-6-4-3-5-16(17)23)11-15(13-24)20(28)25-21-26-27-22(34-21)35(2,29)30/h3-8,11-12H,9-10H2,1-2H3,(H,25,26,28). The van der Waals surface area contributed by atoms with Gasteiger partial charge in [-0.15, -0.1) is 10.2 Å². The van der Waals surface area contributed by atoms with Gasteiger partial charge in [0.1, 0.15) is 30.6 Å². The molecule has 1 N–H and O–H groups in total. The highest BCUT2D eigenvalue weighted by molar-refractivity contribution is 7.92. The van der Waals surface area contributed by atoms with Gasteiger partial charge in [-0.3, -0.25) is 10.1 Å². The summed E-state index contributed by atoms with van der Waals surface area (Å²) in [4.78, 5) is 12.5. The molecule has 0 aliphatic rings. The molecule has 0 radical (unpaired) electrons. The van der Waals surface area contributed by atoms with E-state index < -0.39 is 15.7 Å². The molecule has 0 unspecified atom stereocenters. The van der Waals surface area contributed by atoms with E-state index in [4.69, 9.17) is 25.8 Å². The Kier molecular flexibility index (Phi) is 8.64. The summed E-state index contributed by atoms with van der Waals surface area (Å²) < 4.78 is 39.4. The summed E-state index contributed by atoms with van der Waals surface area (Å²) in [5, 5.41) is 19.4. The van der Waals surface area contributed by atoms with Crippen molar-refractivity contribution in [1.29, 1.82) is 5.26 Å². The van der Waals surface area contributed by atoms with E-state index in [-0.39, 0.29) is 28.3 Å². The molecule has 10 nitrogen and oxygen atoms in total. The van der Waals surface area contributed by atoms with E-state index in [2.05, 4.69) is 15.5 Å². The van der Waals surface area contributed by atoms with E-state index in [0.717, 1.165) is 6.26 Å². The van der Waals surface area contributed by atoms with Crippen LogP contribution in [-0.2, 0) is 14.6 Å². The summed E-state index contributed by atoms with van der Waals surface area (Å²) in [6, 6.07) is 13.8. The SMILES string of the molecule is COc1cc(C=C(C#N)C(=O)Nc2nnc(S(C)(=O)=O)s2)ccc1OCCOc1ccccc1Cl. The highest BCUT2D eigenvalue weighted by Gasteiger charge is 2.17. The van der Waals surface area contributed by atoms with Gasteiger partial charge in [-0.1, -0.05) is 41.1 Å². The first-order chi connectivity index (χ1) is 16.7. The van der Waals surface area contributed by atoms with Gasteiger partial charge >= 0.3 is 0 Å². The van der Waals surface area contributed by atoms with Crippen molar-refractivity contribution >= 4 is 49.9 Å². The number of carbonyl (C=O) groups excluding carboxylic acids is 1. The molecule has 0 atom stereocenters. The van der Waals surface area contributed by atoms with Crippen molar-refractivity contribution in [2.24, 2.45) is 0 Å². The average molecular weight is 535 g/mol. The van der Waals surface area contributed by atoms with E-state index in [1.165, 1.54) is 13.2 Å². The summed E-state index contributed by atoms with van der Waals surface area (Å²) in [6.45, 7) is 0.472. The number of hydrogen-bond acceptors (Lipinski definition) is 10. The number of nitriles is 1. The van der Waals surface area contributed by atoms with Gasteiger partial charge in [0, 0.05) is 6.26 Å². The average Bonchev–Trinajstić information content (AvgIpc) is 3.30. The zero-order valence-electron chi connectivity index (χ0n) is 18.5. The second kappa shape index (κ2) is 11.7. The van der Waals surface area contributed by atoms with Crippen molar-refractivity contribution in [2.75, 3.05) is 31.9 Å². The van der Waals surface area contributed by atoms with Crippen molar-refractivity contribution in [3.05, 3.63) is 58.6 Å². The van der Waals surface area contributed by atoms with Crippen LogP contribution in [0.25, 0.3) is 6.08 Å². The van der Waals surface area contributed by atoms with E-state index >= 15 is 0 Å². The number of carbonyl (C=O) groups is 1. The Labute approximate surface area is 210 Å². The largest absolute Gasteiger partial charge is 0.493 e. The Bertz CT molecular complexity index is 1400. The molecule has 0 fully saturated rings. The van der Waals surface area contributed by atoms with E-state index in [1.54, 1.807) is 36.4 Å². The minimum Gasteiger partial charge on any atom is -0.493 e. The minimum absolute atomic E-state index is 0.0445. The van der Waals surface area contributed by atoms with Crippen LogP contribution in [0.15, 0.2) is 52.4 Å². The molecule has 0 aliphatic carbocycles. The lowest BCUT2D eigenvalue weighted by Gasteiger charge is -2.12. The number of hydrogen-bond donors (Lipinski definition) is 1. The normalized spacial score (nSPS) is 11.4. The fraction of sp³-hybridized carbons (Fsp3) is 0.182. The van der Waals surface area contributed by atoms with Crippen LogP contribution >= 0.6 is 22.9 Å². The Balaban J connectivity index is 1.65. The number of methoxy groups -OCH3 is 1. The maximum Gasteiger partial charge on any atom is 0.268 e. The molecule has 3 rings (SSSR count). The summed E-state index contributed by atoms with van der Waals surface area (Å²) in [7, 11) is -2.09. The zero-order chi connectivity index (χ0) is 25.4. The summed E-state index contributed by atoms with van der Waals surface area (Å²) in [5.74, 6) is 0.613. The van der Waals surface area contributed by atoms with E-state index in [0.29, 0.717) is 39.2 Å². The second-order valence-corrected chi connectivity index (χ2v) is 10.4. The van der Waals surface area contributed by atoms with Crippen molar-refractivity contribution in [2.45, 2.75) is 4.34 Å². The number of halogens is 1. The summed E-state index contributed by atoms with van der Waals surface area (Å²) >= 11 is 6.74. The van der Waals surface area contributed by atoms with Crippen molar-refractivity contribution < 1.29 is 27.4 Å². The first kappa shape index (κ1) is 26.0. The van der Waals surface area contributed by atoms with Gasteiger partial charge in [-0.25, -0.2) is 8.42 Å². The highest BCUT2D eigenvalue weighted by Crippen LogP contribution is 2.29. The number of para-hydroxylation sites is 1. The Morgan fingerprint density at radius 2 is 1.86 bits per heavy atom. The number of ether oxygens (including phenoxy) is 3. The molecule has 35 heavy (non-hydrogen) atoms. The molecule has 2 aromatic carbocycles. The molecule has 13 heteroatoms. The number of anilines is 1. The summed E-state index contributed by atoms with van der Waals surface area (Å²) in [6.07, 6.45) is 2.33. The van der Waals surface area contributed by atoms with Crippen LogP contribution in [0.3, 0.4) is 0 Å².